The van der Waals surface area contributed by atoms with E-state index in [1.54, 1.807) is 6.92 Å². The molecule has 2 aromatic rings. The first kappa shape index (κ1) is 9.50. The molecule has 0 aliphatic carbocycles. The molecule has 0 spiro atoms. The highest BCUT2D eigenvalue weighted by Gasteiger charge is 2.19. The standard InChI is InChI=1S/C8H9N5O2/c1-4(5(2)14)8-10-7(12-15-8)6-3-9-13-11-6/h3-4H,1-2H3,(H,9,11,13). The topological polar surface area (TPSA) is 97.6 Å². The van der Waals surface area contributed by atoms with Gasteiger partial charge in [0, 0.05) is 0 Å². The molecule has 0 aliphatic heterocycles. The molecule has 0 saturated carbocycles. The van der Waals surface area contributed by atoms with Crippen molar-refractivity contribution >= 4 is 5.78 Å². The molecule has 0 saturated heterocycles. The van der Waals surface area contributed by atoms with E-state index in [1.165, 1.54) is 13.1 Å². The number of carbonyl (C=O) groups is 1. The minimum absolute atomic E-state index is 0.0228. The molecule has 1 N–H and O–H groups in total. The van der Waals surface area contributed by atoms with Gasteiger partial charge in [-0.25, -0.2) is 0 Å². The number of carbonyl (C=O) groups excluding carboxylic acids is 1. The first-order chi connectivity index (χ1) is 7.18. The lowest BCUT2D eigenvalue weighted by molar-refractivity contribution is -0.118. The summed E-state index contributed by atoms with van der Waals surface area (Å²) in [6.45, 7) is 3.19. The van der Waals surface area contributed by atoms with Gasteiger partial charge >= 0.3 is 0 Å². The second kappa shape index (κ2) is 3.60. The number of rotatable bonds is 3. The van der Waals surface area contributed by atoms with Gasteiger partial charge in [-0.1, -0.05) is 5.16 Å². The van der Waals surface area contributed by atoms with Crippen LogP contribution in [0.15, 0.2) is 10.7 Å². The predicted octanol–water partition coefficient (Wildman–Crippen LogP) is 0.547. The smallest absolute Gasteiger partial charge is 0.237 e. The van der Waals surface area contributed by atoms with Gasteiger partial charge in [0.25, 0.3) is 0 Å². The molecule has 2 aromatic heterocycles. The van der Waals surface area contributed by atoms with E-state index in [0.29, 0.717) is 17.4 Å². The Bertz CT molecular complexity index is 461. The van der Waals surface area contributed by atoms with Crippen LogP contribution in [0.4, 0.5) is 0 Å². The molecule has 0 amide bonds. The molecular formula is C8H9N5O2. The van der Waals surface area contributed by atoms with Gasteiger partial charge in [0.2, 0.25) is 11.7 Å². The highest BCUT2D eigenvalue weighted by Crippen LogP contribution is 2.17. The summed E-state index contributed by atoms with van der Waals surface area (Å²) in [5.74, 6) is 0.204. The molecule has 15 heavy (non-hydrogen) atoms. The van der Waals surface area contributed by atoms with Gasteiger partial charge in [-0.15, -0.1) is 0 Å². The van der Waals surface area contributed by atoms with Crippen LogP contribution < -0.4 is 0 Å². The van der Waals surface area contributed by atoms with Crippen molar-refractivity contribution in [1.82, 2.24) is 25.6 Å². The van der Waals surface area contributed by atoms with Crippen LogP contribution in [0.1, 0.15) is 25.7 Å². The van der Waals surface area contributed by atoms with Gasteiger partial charge in [0.05, 0.1) is 12.1 Å². The molecule has 1 unspecified atom stereocenters. The van der Waals surface area contributed by atoms with Crippen LogP contribution >= 0.6 is 0 Å². The number of hydrogen-bond donors (Lipinski definition) is 1. The van der Waals surface area contributed by atoms with Crippen LogP contribution in [0.2, 0.25) is 0 Å². The van der Waals surface area contributed by atoms with Crippen molar-refractivity contribution in [1.29, 1.82) is 0 Å². The second-order valence-corrected chi connectivity index (χ2v) is 3.14. The third kappa shape index (κ3) is 1.76. The van der Waals surface area contributed by atoms with Gasteiger partial charge < -0.3 is 4.52 Å². The molecule has 7 heteroatoms. The Morgan fingerprint density at radius 1 is 1.60 bits per heavy atom. The largest absolute Gasteiger partial charge is 0.338 e. The summed E-state index contributed by atoms with van der Waals surface area (Å²) >= 11 is 0. The number of hydrogen-bond acceptors (Lipinski definition) is 6. The first-order valence-electron chi connectivity index (χ1n) is 4.38. The zero-order valence-electron chi connectivity index (χ0n) is 8.26. The van der Waals surface area contributed by atoms with E-state index in [4.69, 9.17) is 4.52 Å². The fraction of sp³-hybridized carbons (Fsp3) is 0.375. The van der Waals surface area contributed by atoms with Crippen LogP contribution in [-0.4, -0.2) is 31.3 Å². The van der Waals surface area contributed by atoms with Gasteiger partial charge in [-0.3, -0.25) is 4.79 Å². The third-order valence-corrected chi connectivity index (χ3v) is 2.07. The molecule has 2 rings (SSSR count). The number of ketones is 1. The normalized spacial score (nSPS) is 12.7. The molecule has 0 aliphatic rings. The molecule has 0 bridgehead atoms. The van der Waals surface area contributed by atoms with Crippen molar-refractivity contribution in [2.24, 2.45) is 0 Å². The Balaban J connectivity index is 2.28. The number of nitrogens with zero attached hydrogens (tertiary/aromatic N) is 4. The number of aromatic amines is 1. The quantitative estimate of drug-likeness (QED) is 0.789. The van der Waals surface area contributed by atoms with Crippen molar-refractivity contribution in [2.75, 3.05) is 0 Å². The van der Waals surface area contributed by atoms with E-state index in [0.717, 1.165) is 0 Å². The lowest BCUT2D eigenvalue weighted by Crippen LogP contribution is -2.04. The number of H-pyrrole nitrogens is 1. The summed E-state index contributed by atoms with van der Waals surface area (Å²) in [5.41, 5.74) is 0.487. The van der Waals surface area contributed by atoms with Crippen LogP contribution in [0.25, 0.3) is 11.5 Å². The fourth-order valence-corrected chi connectivity index (χ4v) is 0.998. The Kier molecular flexibility index (Phi) is 2.28. The third-order valence-electron chi connectivity index (χ3n) is 2.07. The molecule has 0 aromatic carbocycles. The van der Waals surface area contributed by atoms with Crippen LogP contribution in [0, 0.1) is 0 Å². The van der Waals surface area contributed by atoms with Crippen LogP contribution in [-0.2, 0) is 4.79 Å². The Labute approximate surface area is 84.9 Å². The molecule has 0 fully saturated rings. The second-order valence-electron chi connectivity index (χ2n) is 3.14. The maximum absolute atomic E-state index is 11.1. The molecule has 78 valence electrons. The number of aromatic nitrogens is 5. The molecular weight excluding hydrogens is 198 g/mol. The summed E-state index contributed by atoms with van der Waals surface area (Å²) in [5, 5.41) is 13.6. The Hall–Kier alpha value is -2.05. The minimum Gasteiger partial charge on any atom is -0.338 e. The summed E-state index contributed by atoms with van der Waals surface area (Å²) in [4.78, 5) is 15.1. The van der Waals surface area contributed by atoms with Crippen LogP contribution in [0.5, 0.6) is 0 Å². The summed E-state index contributed by atoms with van der Waals surface area (Å²) < 4.78 is 4.95. The molecule has 2 heterocycles. The summed E-state index contributed by atoms with van der Waals surface area (Å²) in [7, 11) is 0. The van der Waals surface area contributed by atoms with Gasteiger partial charge in [0.15, 0.2) is 5.69 Å². The monoisotopic (exact) mass is 207 g/mol. The Morgan fingerprint density at radius 2 is 2.40 bits per heavy atom. The van der Waals surface area contributed by atoms with Crippen molar-refractivity contribution in [3.8, 4) is 11.5 Å². The van der Waals surface area contributed by atoms with Crippen LogP contribution in [0.3, 0.4) is 0 Å². The minimum atomic E-state index is -0.391. The average molecular weight is 207 g/mol. The molecule has 7 nitrogen and oxygen atoms in total. The van der Waals surface area contributed by atoms with E-state index in [9.17, 15) is 4.79 Å². The summed E-state index contributed by atoms with van der Waals surface area (Å²) in [6, 6.07) is 0. The van der Waals surface area contributed by atoms with Gasteiger partial charge in [-0.2, -0.15) is 20.4 Å². The zero-order chi connectivity index (χ0) is 10.8. The van der Waals surface area contributed by atoms with E-state index in [-0.39, 0.29) is 5.78 Å². The zero-order valence-corrected chi connectivity index (χ0v) is 8.26. The van der Waals surface area contributed by atoms with Gasteiger partial charge in [-0.05, 0) is 13.8 Å². The number of Topliss-reactive ketones (excluding diaryl/α,β-unsaturated/α-hetero) is 1. The average Bonchev–Trinajstić information content (AvgIpc) is 2.86. The fourth-order valence-electron chi connectivity index (χ4n) is 0.998. The van der Waals surface area contributed by atoms with E-state index in [1.807, 2.05) is 0 Å². The first-order valence-corrected chi connectivity index (χ1v) is 4.38. The van der Waals surface area contributed by atoms with Crippen molar-refractivity contribution < 1.29 is 9.32 Å². The van der Waals surface area contributed by atoms with Gasteiger partial charge in [0.1, 0.15) is 5.78 Å². The highest BCUT2D eigenvalue weighted by atomic mass is 16.5. The SMILES string of the molecule is CC(=O)C(C)c1nc(-c2cn[nH]n2)no1. The highest BCUT2D eigenvalue weighted by molar-refractivity contribution is 5.81. The van der Waals surface area contributed by atoms with Crippen molar-refractivity contribution in [3.05, 3.63) is 12.1 Å². The lowest BCUT2D eigenvalue weighted by Gasteiger charge is -1.97. The maximum Gasteiger partial charge on any atom is 0.237 e. The number of nitrogens with one attached hydrogen (secondary N) is 1. The maximum atomic E-state index is 11.1. The van der Waals surface area contributed by atoms with E-state index < -0.39 is 5.92 Å². The molecule has 1 atom stereocenters. The van der Waals surface area contributed by atoms with Crippen molar-refractivity contribution in [2.45, 2.75) is 19.8 Å². The predicted molar refractivity (Wildman–Crippen MR) is 48.8 cm³/mol. The lowest BCUT2D eigenvalue weighted by atomic mass is 10.1. The molecule has 0 radical (unpaired) electrons. The Morgan fingerprint density at radius 3 is 3.00 bits per heavy atom. The van der Waals surface area contributed by atoms with E-state index >= 15 is 0 Å². The van der Waals surface area contributed by atoms with Crippen molar-refractivity contribution in [3.63, 3.8) is 0 Å². The summed E-state index contributed by atoms with van der Waals surface area (Å²) in [6.07, 6.45) is 1.48. The van der Waals surface area contributed by atoms with E-state index in [2.05, 4.69) is 25.6 Å².